The molecule has 0 atom stereocenters. The Bertz CT molecular complexity index is 636. The van der Waals surface area contributed by atoms with Gasteiger partial charge in [-0.05, 0) is 12.1 Å². The number of rotatable bonds is 3. The zero-order valence-corrected chi connectivity index (χ0v) is 9.90. The molecule has 98 valence electrons. The van der Waals surface area contributed by atoms with Gasteiger partial charge in [0, 0.05) is 6.20 Å². The molecule has 0 aliphatic rings. The summed E-state index contributed by atoms with van der Waals surface area (Å²) < 4.78 is 5.48. The Labute approximate surface area is 107 Å². The van der Waals surface area contributed by atoms with Crippen LogP contribution in [-0.4, -0.2) is 38.9 Å². The third kappa shape index (κ3) is 2.10. The molecule has 0 aromatic carbocycles. The SMILES string of the molecule is COC(=O)c1nn(-c2ccccn2)c(C(=O)O)c1N. The zero-order chi connectivity index (χ0) is 14.0. The number of ether oxygens (including phenoxy) is 1. The smallest absolute Gasteiger partial charge is 0.360 e. The van der Waals surface area contributed by atoms with Crippen LogP contribution >= 0.6 is 0 Å². The molecular weight excluding hydrogens is 252 g/mol. The van der Waals surface area contributed by atoms with Crippen LogP contribution in [0.25, 0.3) is 5.82 Å². The second-order valence-corrected chi connectivity index (χ2v) is 3.51. The number of carbonyl (C=O) groups is 2. The van der Waals surface area contributed by atoms with E-state index in [9.17, 15) is 9.59 Å². The van der Waals surface area contributed by atoms with E-state index in [1.54, 1.807) is 18.2 Å². The molecule has 0 unspecified atom stereocenters. The zero-order valence-electron chi connectivity index (χ0n) is 9.90. The van der Waals surface area contributed by atoms with Crippen LogP contribution in [0.5, 0.6) is 0 Å². The molecular formula is C11H10N4O4. The van der Waals surface area contributed by atoms with Crippen LogP contribution in [0.4, 0.5) is 5.69 Å². The van der Waals surface area contributed by atoms with Gasteiger partial charge < -0.3 is 15.6 Å². The molecule has 2 aromatic rings. The molecule has 2 rings (SSSR count). The van der Waals surface area contributed by atoms with E-state index in [0.29, 0.717) is 0 Å². The van der Waals surface area contributed by atoms with Gasteiger partial charge in [0.25, 0.3) is 0 Å². The lowest BCUT2D eigenvalue weighted by Gasteiger charge is -2.02. The normalized spacial score (nSPS) is 10.2. The molecule has 0 radical (unpaired) electrons. The maximum absolute atomic E-state index is 11.5. The van der Waals surface area contributed by atoms with Crippen molar-refractivity contribution in [3.8, 4) is 5.82 Å². The molecule has 0 saturated carbocycles. The fraction of sp³-hybridized carbons (Fsp3) is 0.0909. The number of nitrogens with two attached hydrogens (primary N) is 1. The number of carboxylic acid groups (broad SMARTS) is 1. The Morgan fingerprint density at radius 2 is 2.16 bits per heavy atom. The maximum atomic E-state index is 11.5. The minimum absolute atomic E-state index is 0.238. The molecule has 2 aromatic heterocycles. The summed E-state index contributed by atoms with van der Waals surface area (Å²) in [5.74, 6) is -1.89. The predicted molar refractivity (Wildman–Crippen MR) is 64.1 cm³/mol. The van der Waals surface area contributed by atoms with Crippen LogP contribution in [0.15, 0.2) is 24.4 Å². The summed E-state index contributed by atoms with van der Waals surface area (Å²) in [6.07, 6.45) is 1.47. The predicted octanol–water partition coefficient (Wildman–Crippen LogP) is 0.334. The minimum atomic E-state index is -1.31. The lowest BCUT2D eigenvalue weighted by atomic mass is 10.3. The lowest BCUT2D eigenvalue weighted by Crippen LogP contribution is -2.10. The van der Waals surface area contributed by atoms with Crippen molar-refractivity contribution in [1.82, 2.24) is 14.8 Å². The number of nitrogen functional groups attached to an aromatic ring is 1. The number of carboxylic acids is 1. The van der Waals surface area contributed by atoms with Crippen molar-refractivity contribution < 1.29 is 19.4 Å². The highest BCUT2D eigenvalue weighted by molar-refractivity contribution is 6.01. The maximum Gasteiger partial charge on any atom is 0.360 e. The van der Waals surface area contributed by atoms with E-state index >= 15 is 0 Å². The van der Waals surface area contributed by atoms with E-state index in [-0.39, 0.29) is 22.9 Å². The summed E-state index contributed by atoms with van der Waals surface area (Å²) in [5.41, 5.74) is 4.77. The van der Waals surface area contributed by atoms with E-state index < -0.39 is 11.9 Å². The summed E-state index contributed by atoms with van der Waals surface area (Å²) in [5, 5.41) is 13.0. The van der Waals surface area contributed by atoms with Gasteiger partial charge in [-0.15, -0.1) is 0 Å². The molecule has 0 aliphatic heterocycles. The van der Waals surface area contributed by atoms with Crippen LogP contribution in [0.3, 0.4) is 0 Å². The number of hydrogen-bond donors (Lipinski definition) is 2. The summed E-state index contributed by atoms with van der Waals surface area (Å²) in [6.45, 7) is 0. The van der Waals surface area contributed by atoms with Crippen molar-refractivity contribution >= 4 is 17.6 Å². The van der Waals surface area contributed by atoms with Gasteiger partial charge >= 0.3 is 11.9 Å². The molecule has 0 fully saturated rings. The van der Waals surface area contributed by atoms with Gasteiger partial charge in [-0.2, -0.15) is 5.10 Å². The van der Waals surface area contributed by atoms with Crippen molar-refractivity contribution in [2.24, 2.45) is 0 Å². The quantitative estimate of drug-likeness (QED) is 0.765. The molecule has 0 amide bonds. The Balaban J connectivity index is 2.67. The van der Waals surface area contributed by atoms with Crippen molar-refractivity contribution in [3.63, 3.8) is 0 Å². The van der Waals surface area contributed by atoms with Gasteiger partial charge in [-0.3, -0.25) is 0 Å². The fourth-order valence-electron chi connectivity index (χ4n) is 1.53. The number of nitrogens with zero attached hydrogens (tertiary/aromatic N) is 3. The first-order valence-corrected chi connectivity index (χ1v) is 5.17. The number of hydrogen-bond acceptors (Lipinski definition) is 6. The van der Waals surface area contributed by atoms with E-state index in [1.165, 1.54) is 6.20 Å². The van der Waals surface area contributed by atoms with E-state index in [1.807, 2.05) is 0 Å². The standard InChI is InChI=1S/C11H10N4O4/c1-19-11(18)8-7(12)9(10(16)17)15(14-8)6-4-2-3-5-13-6/h2-5H,12H2,1H3,(H,16,17). The molecule has 8 heteroatoms. The average Bonchev–Trinajstić information content (AvgIpc) is 2.76. The average molecular weight is 262 g/mol. The molecule has 2 heterocycles. The van der Waals surface area contributed by atoms with Crippen molar-refractivity contribution in [2.75, 3.05) is 12.8 Å². The molecule has 0 saturated heterocycles. The number of pyridine rings is 1. The number of carbonyl (C=O) groups excluding carboxylic acids is 1. The van der Waals surface area contributed by atoms with Gasteiger partial charge in [-0.1, -0.05) is 6.07 Å². The molecule has 0 aliphatic carbocycles. The van der Waals surface area contributed by atoms with Crippen LogP contribution < -0.4 is 5.73 Å². The van der Waals surface area contributed by atoms with E-state index in [0.717, 1.165) is 11.8 Å². The third-order valence-electron chi connectivity index (χ3n) is 2.37. The highest BCUT2D eigenvalue weighted by Crippen LogP contribution is 2.20. The van der Waals surface area contributed by atoms with Crippen LogP contribution in [-0.2, 0) is 4.74 Å². The minimum Gasteiger partial charge on any atom is -0.476 e. The summed E-state index contributed by atoms with van der Waals surface area (Å²) >= 11 is 0. The topological polar surface area (TPSA) is 120 Å². The summed E-state index contributed by atoms with van der Waals surface area (Å²) in [6, 6.07) is 4.86. The van der Waals surface area contributed by atoms with Gasteiger partial charge in [-0.25, -0.2) is 19.3 Å². The fourth-order valence-corrected chi connectivity index (χ4v) is 1.53. The lowest BCUT2D eigenvalue weighted by molar-refractivity contribution is 0.0594. The molecule has 0 bridgehead atoms. The van der Waals surface area contributed by atoms with Gasteiger partial charge in [0.05, 0.1) is 7.11 Å². The van der Waals surface area contributed by atoms with E-state index in [2.05, 4.69) is 14.8 Å². The first kappa shape index (κ1) is 12.6. The Morgan fingerprint density at radius 1 is 1.42 bits per heavy atom. The van der Waals surface area contributed by atoms with Crippen molar-refractivity contribution in [3.05, 3.63) is 35.8 Å². The monoisotopic (exact) mass is 262 g/mol. The van der Waals surface area contributed by atoms with Gasteiger partial charge in [0.2, 0.25) is 0 Å². The third-order valence-corrected chi connectivity index (χ3v) is 2.37. The van der Waals surface area contributed by atoms with Crippen LogP contribution in [0.1, 0.15) is 21.0 Å². The molecule has 3 N–H and O–H groups in total. The number of methoxy groups -OCH3 is 1. The van der Waals surface area contributed by atoms with Crippen LogP contribution in [0, 0.1) is 0 Å². The second kappa shape index (κ2) is 4.77. The first-order valence-electron chi connectivity index (χ1n) is 5.17. The number of anilines is 1. The number of aromatic carboxylic acids is 1. The van der Waals surface area contributed by atoms with Crippen molar-refractivity contribution in [1.29, 1.82) is 0 Å². The van der Waals surface area contributed by atoms with Gasteiger partial charge in [0.15, 0.2) is 17.2 Å². The molecule has 8 nitrogen and oxygen atoms in total. The number of esters is 1. The molecule has 19 heavy (non-hydrogen) atoms. The Morgan fingerprint density at radius 3 is 2.68 bits per heavy atom. The Kier molecular flexibility index (Phi) is 3.15. The van der Waals surface area contributed by atoms with Gasteiger partial charge in [0.1, 0.15) is 5.69 Å². The highest BCUT2D eigenvalue weighted by atomic mass is 16.5. The van der Waals surface area contributed by atoms with E-state index in [4.69, 9.17) is 10.8 Å². The first-order chi connectivity index (χ1) is 9.06. The largest absolute Gasteiger partial charge is 0.476 e. The summed E-state index contributed by atoms with van der Waals surface area (Å²) in [4.78, 5) is 26.6. The Hall–Kier alpha value is -2.90. The highest BCUT2D eigenvalue weighted by Gasteiger charge is 2.26. The summed E-state index contributed by atoms with van der Waals surface area (Å²) in [7, 11) is 1.15. The second-order valence-electron chi connectivity index (χ2n) is 3.51. The van der Waals surface area contributed by atoms with Crippen molar-refractivity contribution in [2.45, 2.75) is 0 Å². The molecule has 0 spiro atoms. The van der Waals surface area contributed by atoms with Crippen LogP contribution in [0.2, 0.25) is 0 Å². The number of aromatic nitrogens is 3.